The fraction of sp³-hybridized carbons (Fsp3) is 0.421. The van der Waals surface area contributed by atoms with Crippen LogP contribution in [0.4, 0.5) is 0 Å². The van der Waals surface area contributed by atoms with Gasteiger partial charge in [-0.2, -0.15) is 0 Å². The third-order valence-corrected chi connectivity index (χ3v) is 5.19. The molecule has 1 saturated heterocycles. The Morgan fingerprint density at radius 3 is 2.50 bits per heavy atom. The first-order valence-electron chi connectivity index (χ1n) is 8.67. The minimum atomic E-state index is -0.0849. The van der Waals surface area contributed by atoms with E-state index in [1.54, 1.807) is 24.0 Å². The summed E-state index contributed by atoms with van der Waals surface area (Å²) in [5.41, 5.74) is 2.09. The second kappa shape index (κ2) is 7.91. The molecule has 7 heteroatoms. The predicted molar refractivity (Wildman–Crippen MR) is 96.3 cm³/mol. The molecule has 1 aromatic heterocycles. The van der Waals surface area contributed by atoms with Crippen molar-refractivity contribution in [1.82, 2.24) is 10.1 Å². The fourth-order valence-electron chi connectivity index (χ4n) is 3.28. The topological polar surface area (TPSA) is 83.6 Å². The first-order valence-corrected chi connectivity index (χ1v) is 9.05. The molecular formula is C19H21ClN2O4. The summed E-state index contributed by atoms with van der Waals surface area (Å²) in [7, 11) is 0. The number of aromatic nitrogens is 1. The van der Waals surface area contributed by atoms with Crippen molar-refractivity contribution in [3.05, 3.63) is 46.3 Å². The number of hydrogen-bond acceptors (Lipinski definition) is 5. The fourth-order valence-corrected chi connectivity index (χ4v) is 3.55. The number of phenolic OH excluding ortho intramolecular Hbond substituents is 1. The maximum Gasteiger partial charge on any atom is 0.229 e. The van der Waals surface area contributed by atoms with E-state index in [0.29, 0.717) is 50.0 Å². The van der Waals surface area contributed by atoms with Crippen LogP contribution in [0.5, 0.6) is 5.75 Å². The summed E-state index contributed by atoms with van der Waals surface area (Å²) in [4.78, 5) is 26.7. The Balaban J connectivity index is 1.50. The number of halogens is 1. The normalized spacial score (nSPS) is 15.2. The molecular weight excluding hydrogens is 356 g/mol. The van der Waals surface area contributed by atoms with E-state index in [1.165, 1.54) is 12.1 Å². The van der Waals surface area contributed by atoms with Crippen molar-refractivity contribution >= 4 is 23.3 Å². The van der Waals surface area contributed by atoms with Gasteiger partial charge in [0.15, 0.2) is 5.78 Å². The average Bonchev–Trinajstić information content (AvgIpc) is 2.98. The minimum Gasteiger partial charge on any atom is -0.508 e. The van der Waals surface area contributed by atoms with Gasteiger partial charge in [0.05, 0.1) is 5.69 Å². The molecule has 0 spiro atoms. The Labute approximate surface area is 156 Å². The van der Waals surface area contributed by atoms with Gasteiger partial charge < -0.3 is 14.5 Å². The van der Waals surface area contributed by atoms with Crippen LogP contribution in [0.1, 0.15) is 40.9 Å². The van der Waals surface area contributed by atoms with Crippen molar-refractivity contribution in [2.75, 3.05) is 13.1 Å². The molecule has 1 amide bonds. The average molecular weight is 377 g/mol. The van der Waals surface area contributed by atoms with Crippen molar-refractivity contribution < 1.29 is 19.2 Å². The maximum atomic E-state index is 12.5. The molecule has 1 fully saturated rings. The first-order chi connectivity index (χ1) is 12.5. The minimum absolute atomic E-state index is 0.0530. The second-order valence-electron chi connectivity index (χ2n) is 6.59. The van der Waals surface area contributed by atoms with Gasteiger partial charge in [0.25, 0.3) is 0 Å². The lowest BCUT2D eigenvalue weighted by atomic mass is 9.88. The number of nitrogens with zero attached hydrogens (tertiary/aromatic N) is 2. The van der Waals surface area contributed by atoms with Gasteiger partial charge in [0.1, 0.15) is 5.75 Å². The number of amides is 1. The highest BCUT2D eigenvalue weighted by atomic mass is 35.5. The predicted octanol–water partition coefficient (Wildman–Crippen LogP) is 3.40. The van der Waals surface area contributed by atoms with Crippen molar-refractivity contribution in [2.45, 2.75) is 32.6 Å². The summed E-state index contributed by atoms with van der Waals surface area (Å²) >= 11 is 5.93. The van der Waals surface area contributed by atoms with E-state index in [2.05, 4.69) is 5.16 Å². The number of carbonyl (C=O) groups excluding carboxylic acids is 2. The zero-order chi connectivity index (χ0) is 18.7. The van der Waals surface area contributed by atoms with Crippen LogP contribution in [-0.4, -0.2) is 39.9 Å². The summed E-state index contributed by atoms with van der Waals surface area (Å²) in [6.45, 7) is 2.95. The number of piperidine rings is 1. The molecule has 1 N–H and O–H groups in total. The Hall–Kier alpha value is -2.34. The molecule has 0 saturated carbocycles. The second-order valence-corrected chi connectivity index (χ2v) is 6.93. The van der Waals surface area contributed by atoms with Gasteiger partial charge in [0, 0.05) is 36.6 Å². The number of Topliss-reactive ketones (excluding diaryl/α,β-unsaturated/α-hetero) is 1. The lowest BCUT2D eigenvalue weighted by Gasteiger charge is -2.31. The van der Waals surface area contributed by atoms with Crippen molar-refractivity contribution in [1.29, 1.82) is 0 Å². The molecule has 138 valence electrons. The summed E-state index contributed by atoms with van der Waals surface area (Å²) in [5, 5.41) is 13.4. The number of likely N-dealkylation sites (tertiary alicyclic amines) is 1. The van der Waals surface area contributed by atoms with E-state index in [-0.39, 0.29) is 28.6 Å². The van der Waals surface area contributed by atoms with Gasteiger partial charge in [-0.05, 0) is 62.1 Å². The molecule has 0 atom stereocenters. The lowest BCUT2D eigenvalue weighted by molar-refractivity contribution is -0.132. The van der Waals surface area contributed by atoms with Crippen LogP contribution in [0, 0.1) is 12.8 Å². The smallest absolute Gasteiger partial charge is 0.229 e. The standard InChI is InChI=1S/C19H21ClN2O4/c1-12-16(19(20)26-21-12)6-7-17(24)22-10-8-14(9-11-22)18(25)13-2-4-15(23)5-3-13/h2-5,14,23H,6-11H2,1H3. The molecule has 26 heavy (non-hydrogen) atoms. The molecule has 3 rings (SSSR count). The van der Waals surface area contributed by atoms with Crippen LogP contribution in [0.3, 0.4) is 0 Å². The Bertz CT molecular complexity index is 773. The third-order valence-electron chi connectivity index (χ3n) is 4.90. The molecule has 6 nitrogen and oxygen atoms in total. The largest absolute Gasteiger partial charge is 0.508 e. The number of carbonyl (C=O) groups is 2. The number of hydrogen-bond donors (Lipinski definition) is 1. The Kier molecular flexibility index (Phi) is 5.61. The molecule has 0 unspecified atom stereocenters. The van der Waals surface area contributed by atoms with Gasteiger partial charge in [-0.3, -0.25) is 9.59 Å². The van der Waals surface area contributed by atoms with E-state index in [4.69, 9.17) is 16.1 Å². The van der Waals surface area contributed by atoms with E-state index >= 15 is 0 Å². The van der Waals surface area contributed by atoms with E-state index in [0.717, 1.165) is 5.56 Å². The van der Waals surface area contributed by atoms with Gasteiger partial charge in [-0.15, -0.1) is 0 Å². The van der Waals surface area contributed by atoms with Gasteiger partial charge in [-0.1, -0.05) is 5.16 Å². The molecule has 0 radical (unpaired) electrons. The number of aromatic hydroxyl groups is 1. The number of ketones is 1. The molecule has 2 heterocycles. The monoisotopic (exact) mass is 376 g/mol. The zero-order valence-electron chi connectivity index (χ0n) is 14.6. The lowest BCUT2D eigenvalue weighted by Crippen LogP contribution is -2.40. The highest BCUT2D eigenvalue weighted by Gasteiger charge is 2.28. The van der Waals surface area contributed by atoms with Crippen LogP contribution in [0.2, 0.25) is 5.22 Å². The van der Waals surface area contributed by atoms with Crippen LogP contribution >= 0.6 is 11.6 Å². The van der Waals surface area contributed by atoms with Gasteiger partial charge >= 0.3 is 0 Å². The van der Waals surface area contributed by atoms with E-state index < -0.39 is 0 Å². The van der Waals surface area contributed by atoms with Gasteiger partial charge in [0.2, 0.25) is 11.1 Å². The highest BCUT2D eigenvalue weighted by molar-refractivity contribution is 6.29. The summed E-state index contributed by atoms with van der Waals surface area (Å²) in [6.07, 6.45) is 2.15. The van der Waals surface area contributed by atoms with Crippen LogP contribution in [0.25, 0.3) is 0 Å². The zero-order valence-corrected chi connectivity index (χ0v) is 15.3. The Morgan fingerprint density at radius 2 is 1.92 bits per heavy atom. The first kappa shape index (κ1) is 18.5. The summed E-state index contributed by atoms with van der Waals surface area (Å²) in [6, 6.07) is 6.31. The van der Waals surface area contributed by atoms with Gasteiger partial charge in [-0.25, -0.2) is 0 Å². The summed E-state index contributed by atoms with van der Waals surface area (Å²) < 4.78 is 4.90. The Morgan fingerprint density at radius 1 is 1.27 bits per heavy atom. The van der Waals surface area contributed by atoms with E-state index in [9.17, 15) is 14.7 Å². The maximum absolute atomic E-state index is 12.5. The summed E-state index contributed by atoms with van der Waals surface area (Å²) in [5.74, 6) is 0.185. The highest BCUT2D eigenvalue weighted by Crippen LogP contribution is 2.25. The molecule has 0 aliphatic carbocycles. The SMILES string of the molecule is Cc1noc(Cl)c1CCC(=O)N1CCC(C(=O)c2ccc(O)cc2)CC1. The van der Waals surface area contributed by atoms with Crippen molar-refractivity contribution in [2.24, 2.45) is 5.92 Å². The molecule has 1 aromatic carbocycles. The molecule has 2 aromatic rings. The van der Waals surface area contributed by atoms with Crippen LogP contribution in [-0.2, 0) is 11.2 Å². The van der Waals surface area contributed by atoms with E-state index in [1.807, 2.05) is 0 Å². The van der Waals surface area contributed by atoms with Crippen LogP contribution in [0.15, 0.2) is 28.8 Å². The molecule has 0 bridgehead atoms. The van der Waals surface area contributed by atoms with Crippen molar-refractivity contribution in [3.8, 4) is 5.75 Å². The van der Waals surface area contributed by atoms with Crippen molar-refractivity contribution in [3.63, 3.8) is 0 Å². The number of phenols is 1. The third kappa shape index (κ3) is 4.07. The van der Waals surface area contributed by atoms with Crippen LogP contribution < -0.4 is 0 Å². The molecule has 1 aliphatic rings. The number of rotatable bonds is 5. The molecule has 1 aliphatic heterocycles. The number of benzene rings is 1. The quantitative estimate of drug-likeness (QED) is 0.808. The number of aryl methyl sites for hydroxylation is 1.